The molecule has 0 unspecified atom stereocenters. The van der Waals surface area contributed by atoms with Crippen LogP contribution in [0.1, 0.15) is 24.5 Å². The zero-order chi connectivity index (χ0) is 16.5. The fourth-order valence-corrected chi connectivity index (χ4v) is 2.18. The van der Waals surface area contributed by atoms with Crippen molar-refractivity contribution in [2.75, 3.05) is 13.2 Å². The summed E-state index contributed by atoms with van der Waals surface area (Å²) in [6.45, 7) is 2.81. The SMILES string of the molecule is CCOC(=O)CCc1ccc(OCCc2ccc(O)cc2)cc1. The van der Waals surface area contributed by atoms with Gasteiger partial charge < -0.3 is 14.6 Å². The second kappa shape index (κ2) is 8.83. The Morgan fingerprint density at radius 1 is 0.957 bits per heavy atom. The van der Waals surface area contributed by atoms with E-state index in [0.717, 1.165) is 23.3 Å². The largest absolute Gasteiger partial charge is 0.508 e. The average molecular weight is 314 g/mol. The van der Waals surface area contributed by atoms with Crippen molar-refractivity contribution in [3.05, 3.63) is 59.7 Å². The maximum Gasteiger partial charge on any atom is 0.306 e. The van der Waals surface area contributed by atoms with Crippen LogP contribution in [-0.4, -0.2) is 24.3 Å². The van der Waals surface area contributed by atoms with E-state index in [4.69, 9.17) is 9.47 Å². The van der Waals surface area contributed by atoms with E-state index in [-0.39, 0.29) is 11.7 Å². The van der Waals surface area contributed by atoms with Gasteiger partial charge in [0.2, 0.25) is 0 Å². The molecular weight excluding hydrogens is 292 g/mol. The average Bonchev–Trinajstić information content (AvgIpc) is 2.56. The van der Waals surface area contributed by atoms with Crippen LogP contribution in [-0.2, 0) is 22.4 Å². The zero-order valence-corrected chi connectivity index (χ0v) is 13.3. The van der Waals surface area contributed by atoms with Crippen LogP contribution in [0.25, 0.3) is 0 Å². The number of aromatic hydroxyl groups is 1. The monoisotopic (exact) mass is 314 g/mol. The highest BCUT2D eigenvalue weighted by Gasteiger charge is 2.03. The molecule has 4 nitrogen and oxygen atoms in total. The van der Waals surface area contributed by atoms with Gasteiger partial charge in [0, 0.05) is 12.8 Å². The molecule has 0 spiro atoms. The Balaban J connectivity index is 1.74. The molecule has 0 saturated heterocycles. The number of benzene rings is 2. The number of carbonyl (C=O) groups is 1. The number of phenolic OH excluding ortho intramolecular Hbond substituents is 1. The summed E-state index contributed by atoms with van der Waals surface area (Å²) in [6.07, 6.45) is 1.85. The molecular formula is C19H22O4. The highest BCUT2D eigenvalue weighted by molar-refractivity contribution is 5.69. The molecule has 0 saturated carbocycles. The number of rotatable bonds is 8. The molecule has 0 atom stereocenters. The second-order valence-corrected chi connectivity index (χ2v) is 5.21. The smallest absolute Gasteiger partial charge is 0.306 e. The fourth-order valence-electron chi connectivity index (χ4n) is 2.18. The van der Waals surface area contributed by atoms with E-state index in [1.165, 1.54) is 0 Å². The lowest BCUT2D eigenvalue weighted by atomic mass is 10.1. The van der Waals surface area contributed by atoms with Crippen molar-refractivity contribution in [1.82, 2.24) is 0 Å². The van der Waals surface area contributed by atoms with E-state index in [1.54, 1.807) is 12.1 Å². The quantitative estimate of drug-likeness (QED) is 0.758. The van der Waals surface area contributed by atoms with Crippen molar-refractivity contribution in [2.45, 2.75) is 26.2 Å². The third kappa shape index (κ3) is 6.02. The van der Waals surface area contributed by atoms with Crippen molar-refractivity contribution >= 4 is 5.97 Å². The van der Waals surface area contributed by atoms with Crippen LogP contribution >= 0.6 is 0 Å². The standard InChI is InChI=1S/C19H22O4/c1-2-22-19(21)12-7-15-5-10-18(11-6-15)23-14-13-16-3-8-17(20)9-4-16/h3-6,8-11,20H,2,7,12-14H2,1H3. The van der Waals surface area contributed by atoms with Crippen molar-refractivity contribution < 1.29 is 19.4 Å². The maximum absolute atomic E-state index is 11.3. The number of ether oxygens (including phenoxy) is 2. The first-order chi connectivity index (χ1) is 11.2. The van der Waals surface area contributed by atoms with Crippen LogP contribution in [0.5, 0.6) is 11.5 Å². The third-order valence-corrected chi connectivity index (χ3v) is 3.44. The molecule has 2 aromatic rings. The van der Waals surface area contributed by atoms with Crippen molar-refractivity contribution in [2.24, 2.45) is 0 Å². The number of esters is 1. The predicted molar refractivity (Wildman–Crippen MR) is 88.7 cm³/mol. The first kappa shape index (κ1) is 16.9. The van der Waals surface area contributed by atoms with Gasteiger partial charge in [-0.05, 0) is 48.7 Å². The first-order valence-electron chi connectivity index (χ1n) is 7.82. The summed E-state index contributed by atoms with van der Waals surface area (Å²) in [5.74, 6) is 0.915. The van der Waals surface area contributed by atoms with Gasteiger partial charge in [-0.3, -0.25) is 4.79 Å². The Morgan fingerprint density at radius 3 is 2.22 bits per heavy atom. The van der Waals surface area contributed by atoms with Gasteiger partial charge in [0.05, 0.1) is 13.2 Å². The summed E-state index contributed by atoms with van der Waals surface area (Å²) in [6, 6.07) is 14.9. The minimum Gasteiger partial charge on any atom is -0.508 e. The van der Waals surface area contributed by atoms with Crippen LogP contribution in [0.3, 0.4) is 0 Å². The van der Waals surface area contributed by atoms with Crippen molar-refractivity contribution in [3.63, 3.8) is 0 Å². The van der Waals surface area contributed by atoms with Gasteiger partial charge in [0.25, 0.3) is 0 Å². The third-order valence-electron chi connectivity index (χ3n) is 3.44. The maximum atomic E-state index is 11.3. The van der Waals surface area contributed by atoms with Gasteiger partial charge in [-0.2, -0.15) is 0 Å². The summed E-state index contributed by atoms with van der Waals surface area (Å²) in [5.41, 5.74) is 2.21. The molecule has 1 N–H and O–H groups in total. The second-order valence-electron chi connectivity index (χ2n) is 5.21. The number of carbonyl (C=O) groups excluding carboxylic acids is 1. The molecule has 0 aliphatic carbocycles. The molecule has 122 valence electrons. The van der Waals surface area contributed by atoms with Crippen LogP contribution in [0.2, 0.25) is 0 Å². The van der Waals surface area contributed by atoms with E-state index in [9.17, 15) is 9.90 Å². The minimum atomic E-state index is -0.165. The van der Waals surface area contributed by atoms with Gasteiger partial charge in [-0.25, -0.2) is 0 Å². The van der Waals surface area contributed by atoms with Gasteiger partial charge in [-0.1, -0.05) is 24.3 Å². The van der Waals surface area contributed by atoms with E-state index in [2.05, 4.69) is 0 Å². The summed E-state index contributed by atoms with van der Waals surface area (Å²) in [4.78, 5) is 11.3. The summed E-state index contributed by atoms with van der Waals surface area (Å²) in [7, 11) is 0. The summed E-state index contributed by atoms with van der Waals surface area (Å²) < 4.78 is 10.6. The zero-order valence-electron chi connectivity index (χ0n) is 13.3. The lowest BCUT2D eigenvalue weighted by molar-refractivity contribution is -0.143. The molecule has 0 aromatic heterocycles. The van der Waals surface area contributed by atoms with Crippen molar-refractivity contribution in [3.8, 4) is 11.5 Å². The Kier molecular flexibility index (Phi) is 6.48. The van der Waals surface area contributed by atoms with Crippen LogP contribution in [0.4, 0.5) is 0 Å². The normalized spacial score (nSPS) is 10.3. The lowest BCUT2D eigenvalue weighted by Crippen LogP contribution is -2.05. The highest BCUT2D eigenvalue weighted by atomic mass is 16.5. The minimum absolute atomic E-state index is 0.165. The number of phenols is 1. The highest BCUT2D eigenvalue weighted by Crippen LogP contribution is 2.15. The Hall–Kier alpha value is -2.49. The van der Waals surface area contributed by atoms with Crippen LogP contribution in [0, 0.1) is 0 Å². The Morgan fingerprint density at radius 2 is 1.57 bits per heavy atom. The molecule has 2 rings (SSSR count). The van der Waals surface area contributed by atoms with E-state index >= 15 is 0 Å². The molecule has 0 radical (unpaired) electrons. The molecule has 0 bridgehead atoms. The summed E-state index contributed by atoms with van der Waals surface area (Å²) in [5, 5.41) is 9.23. The number of aryl methyl sites for hydroxylation is 1. The molecule has 2 aromatic carbocycles. The van der Waals surface area contributed by atoms with Crippen LogP contribution < -0.4 is 4.74 Å². The predicted octanol–water partition coefficient (Wildman–Crippen LogP) is 3.51. The Bertz CT molecular complexity index is 602. The van der Waals surface area contributed by atoms with Crippen LogP contribution in [0.15, 0.2) is 48.5 Å². The molecule has 4 heteroatoms. The first-order valence-corrected chi connectivity index (χ1v) is 7.82. The lowest BCUT2D eigenvalue weighted by Gasteiger charge is -2.08. The fraction of sp³-hybridized carbons (Fsp3) is 0.316. The molecule has 0 amide bonds. The van der Waals surface area contributed by atoms with Gasteiger partial charge in [-0.15, -0.1) is 0 Å². The molecule has 0 aliphatic rings. The van der Waals surface area contributed by atoms with Gasteiger partial charge in [0.15, 0.2) is 0 Å². The van der Waals surface area contributed by atoms with E-state index < -0.39 is 0 Å². The number of hydrogen-bond acceptors (Lipinski definition) is 4. The van der Waals surface area contributed by atoms with E-state index in [1.807, 2.05) is 43.3 Å². The molecule has 0 heterocycles. The van der Waals surface area contributed by atoms with Crippen molar-refractivity contribution in [1.29, 1.82) is 0 Å². The molecule has 0 fully saturated rings. The molecule has 23 heavy (non-hydrogen) atoms. The Labute approximate surface area is 136 Å². The topological polar surface area (TPSA) is 55.8 Å². The van der Waals surface area contributed by atoms with E-state index in [0.29, 0.717) is 26.1 Å². The van der Waals surface area contributed by atoms with Gasteiger partial charge in [0.1, 0.15) is 11.5 Å². The van der Waals surface area contributed by atoms with Gasteiger partial charge >= 0.3 is 5.97 Å². The summed E-state index contributed by atoms with van der Waals surface area (Å²) >= 11 is 0. The molecule has 0 aliphatic heterocycles. The number of hydrogen-bond donors (Lipinski definition) is 1.